The van der Waals surface area contributed by atoms with Gasteiger partial charge in [0.1, 0.15) is 10.7 Å². The van der Waals surface area contributed by atoms with E-state index in [2.05, 4.69) is 4.98 Å². The van der Waals surface area contributed by atoms with Gasteiger partial charge < -0.3 is 0 Å². The van der Waals surface area contributed by atoms with E-state index in [1.807, 2.05) is 24.3 Å². The van der Waals surface area contributed by atoms with E-state index in [0.29, 0.717) is 4.88 Å². The third kappa shape index (κ3) is 1.70. The van der Waals surface area contributed by atoms with Crippen molar-refractivity contribution in [3.05, 3.63) is 49.6 Å². The molecular formula is C12H4Cl3NOS. The van der Waals surface area contributed by atoms with Gasteiger partial charge in [0.15, 0.2) is 0 Å². The van der Waals surface area contributed by atoms with Gasteiger partial charge in [0.2, 0.25) is 5.43 Å². The minimum absolute atomic E-state index is 0.0795. The lowest BCUT2D eigenvalue weighted by Gasteiger charge is -2.09. The normalized spacial score (nSPS) is 11.3. The fraction of sp³-hybridized carbons (Fsp3) is 0. The molecule has 1 aromatic carbocycles. The standard InChI is InChI=1S/C12H4Cl3NOS/c13-7-8(14)11(17)10-12(9(7)15)18-6-4-2-1-3-5(6)16-10/h1-4H. The van der Waals surface area contributed by atoms with Crippen LogP contribution in [0.5, 0.6) is 0 Å². The van der Waals surface area contributed by atoms with Crippen molar-refractivity contribution in [1.29, 1.82) is 0 Å². The third-order valence-corrected chi connectivity index (χ3v) is 5.11. The second-order valence-electron chi connectivity index (χ2n) is 3.63. The number of fused-ring (bicyclic) bond motifs is 2. The largest absolute Gasteiger partial charge is 0.286 e. The maximum Gasteiger partial charge on any atom is 0.225 e. The Morgan fingerprint density at radius 2 is 1.72 bits per heavy atom. The summed E-state index contributed by atoms with van der Waals surface area (Å²) >= 11 is 19.3. The van der Waals surface area contributed by atoms with Crippen molar-refractivity contribution in [3.8, 4) is 10.6 Å². The fourth-order valence-corrected chi connectivity index (χ4v) is 3.45. The van der Waals surface area contributed by atoms with E-state index in [-0.39, 0.29) is 26.2 Å². The van der Waals surface area contributed by atoms with Crippen LogP contribution < -0.4 is 5.43 Å². The Morgan fingerprint density at radius 1 is 1.00 bits per heavy atom. The number of hydrogen-bond acceptors (Lipinski definition) is 3. The molecule has 0 amide bonds. The molecule has 2 aliphatic rings. The average Bonchev–Trinajstić information content (AvgIpc) is 2.41. The molecule has 1 aliphatic carbocycles. The Hall–Kier alpha value is -0.870. The highest BCUT2D eigenvalue weighted by Gasteiger charge is 2.21. The van der Waals surface area contributed by atoms with Crippen LogP contribution >= 0.6 is 46.1 Å². The van der Waals surface area contributed by atoms with Crippen molar-refractivity contribution in [2.24, 2.45) is 0 Å². The highest BCUT2D eigenvalue weighted by atomic mass is 35.5. The van der Waals surface area contributed by atoms with Crippen molar-refractivity contribution in [2.45, 2.75) is 0 Å². The van der Waals surface area contributed by atoms with E-state index in [1.165, 1.54) is 11.3 Å². The molecule has 18 heavy (non-hydrogen) atoms. The van der Waals surface area contributed by atoms with Crippen LogP contribution in [-0.2, 0) is 0 Å². The van der Waals surface area contributed by atoms with Crippen molar-refractivity contribution in [2.75, 3.05) is 0 Å². The maximum atomic E-state index is 12.0. The molecule has 0 spiro atoms. The first-order valence-electron chi connectivity index (χ1n) is 4.95. The van der Waals surface area contributed by atoms with E-state index in [1.54, 1.807) is 0 Å². The Balaban J connectivity index is 2.59. The Morgan fingerprint density at radius 3 is 2.50 bits per heavy atom. The monoisotopic (exact) mass is 315 g/mol. The van der Waals surface area contributed by atoms with Crippen molar-refractivity contribution in [3.63, 3.8) is 0 Å². The number of benzene rings is 2. The van der Waals surface area contributed by atoms with Gasteiger partial charge in [-0.2, -0.15) is 0 Å². The van der Waals surface area contributed by atoms with Crippen LogP contribution in [-0.4, -0.2) is 4.98 Å². The van der Waals surface area contributed by atoms with E-state index in [9.17, 15) is 4.79 Å². The lowest BCUT2D eigenvalue weighted by Crippen LogP contribution is -2.09. The lowest BCUT2D eigenvalue weighted by atomic mass is 10.2. The molecule has 0 atom stereocenters. The van der Waals surface area contributed by atoms with Gasteiger partial charge in [-0.15, -0.1) is 11.3 Å². The molecule has 1 aromatic rings. The molecule has 0 saturated carbocycles. The molecule has 0 unspecified atom stereocenters. The van der Waals surface area contributed by atoms with Gasteiger partial charge >= 0.3 is 0 Å². The highest BCUT2D eigenvalue weighted by molar-refractivity contribution is 7.22. The van der Waals surface area contributed by atoms with Gasteiger partial charge in [0.05, 0.1) is 25.1 Å². The summed E-state index contributed by atoms with van der Waals surface area (Å²) in [5.74, 6) is 0. The molecule has 0 bridgehead atoms. The summed E-state index contributed by atoms with van der Waals surface area (Å²) in [6.45, 7) is 0. The van der Waals surface area contributed by atoms with E-state index in [4.69, 9.17) is 34.8 Å². The third-order valence-electron chi connectivity index (χ3n) is 2.52. The molecule has 0 fully saturated rings. The highest BCUT2D eigenvalue weighted by Crippen LogP contribution is 2.40. The van der Waals surface area contributed by atoms with Gasteiger partial charge in [-0.05, 0) is 12.1 Å². The van der Waals surface area contributed by atoms with Gasteiger partial charge in [-0.25, -0.2) is 4.98 Å². The molecule has 90 valence electrons. The summed E-state index contributed by atoms with van der Waals surface area (Å²) in [6, 6.07) is 7.50. The van der Waals surface area contributed by atoms with E-state index >= 15 is 0 Å². The first-order valence-corrected chi connectivity index (χ1v) is 6.90. The van der Waals surface area contributed by atoms with Gasteiger partial charge in [-0.3, -0.25) is 4.79 Å². The number of halogens is 3. The number of rotatable bonds is 0. The molecule has 3 rings (SSSR count). The second kappa shape index (κ2) is 4.35. The second-order valence-corrected chi connectivity index (χ2v) is 5.82. The summed E-state index contributed by atoms with van der Waals surface area (Å²) in [6.07, 6.45) is 0. The first-order chi connectivity index (χ1) is 8.59. The number of hydrogen-bond donors (Lipinski definition) is 0. The Labute approximate surface area is 121 Å². The van der Waals surface area contributed by atoms with Crippen LogP contribution in [0.25, 0.3) is 20.8 Å². The maximum absolute atomic E-state index is 12.0. The topological polar surface area (TPSA) is 30.0 Å². The predicted molar refractivity (Wildman–Crippen MR) is 77.5 cm³/mol. The van der Waals surface area contributed by atoms with Crippen LogP contribution in [0, 0.1) is 0 Å². The quantitative estimate of drug-likeness (QED) is 0.443. The molecule has 0 N–H and O–H groups in total. The lowest BCUT2D eigenvalue weighted by molar-refractivity contribution is 1.38. The van der Waals surface area contributed by atoms with Crippen LogP contribution in [0.3, 0.4) is 0 Å². The zero-order valence-corrected chi connectivity index (χ0v) is 11.8. The molecule has 1 heterocycles. The fourth-order valence-electron chi connectivity index (χ4n) is 1.67. The summed E-state index contributed by atoms with van der Waals surface area (Å²) in [4.78, 5) is 16.9. The Kier molecular flexibility index (Phi) is 2.94. The molecule has 0 aromatic heterocycles. The first kappa shape index (κ1) is 12.2. The molecule has 0 radical (unpaired) electrons. The molecule has 2 nitrogen and oxygen atoms in total. The average molecular weight is 317 g/mol. The predicted octanol–water partition coefficient (Wildman–Crippen LogP) is 4.72. The molecular weight excluding hydrogens is 313 g/mol. The van der Waals surface area contributed by atoms with E-state index < -0.39 is 0 Å². The Bertz CT molecular complexity index is 799. The van der Waals surface area contributed by atoms with Crippen LogP contribution in [0.15, 0.2) is 29.1 Å². The van der Waals surface area contributed by atoms with Gasteiger partial charge in [0, 0.05) is 0 Å². The van der Waals surface area contributed by atoms with Crippen molar-refractivity contribution in [1.82, 2.24) is 4.98 Å². The SMILES string of the molecule is O=c1c2nc3ccccc3sc-2c(Cl)c(Cl)c1Cl. The van der Waals surface area contributed by atoms with Crippen molar-refractivity contribution < 1.29 is 0 Å². The molecule has 6 heteroatoms. The zero-order chi connectivity index (χ0) is 12.9. The van der Waals surface area contributed by atoms with Crippen LogP contribution in [0.1, 0.15) is 0 Å². The van der Waals surface area contributed by atoms with Crippen LogP contribution in [0.4, 0.5) is 0 Å². The number of aromatic nitrogens is 1. The molecule has 0 saturated heterocycles. The van der Waals surface area contributed by atoms with Gasteiger partial charge in [-0.1, -0.05) is 46.9 Å². The summed E-state index contributed by atoms with van der Waals surface area (Å²) < 4.78 is 0.935. The number of nitrogens with zero attached hydrogens (tertiary/aromatic N) is 1. The van der Waals surface area contributed by atoms with Gasteiger partial charge in [0.25, 0.3) is 0 Å². The summed E-state index contributed by atoms with van der Waals surface area (Å²) in [5, 5.41) is 0.285. The molecule has 1 aliphatic heterocycles. The zero-order valence-electron chi connectivity index (χ0n) is 8.71. The summed E-state index contributed by atoms with van der Waals surface area (Å²) in [7, 11) is 0. The minimum Gasteiger partial charge on any atom is -0.286 e. The van der Waals surface area contributed by atoms with Crippen LogP contribution in [0.2, 0.25) is 15.1 Å². The minimum atomic E-state index is -0.386. The smallest absolute Gasteiger partial charge is 0.225 e. The van der Waals surface area contributed by atoms with E-state index in [0.717, 1.165) is 10.2 Å². The van der Waals surface area contributed by atoms with Crippen molar-refractivity contribution >= 4 is 56.4 Å². The summed E-state index contributed by atoms with van der Waals surface area (Å²) in [5.41, 5.74) is 0.614. The number of para-hydroxylation sites is 1.